The summed E-state index contributed by atoms with van der Waals surface area (Å²) < 4.78 is 12.7. The number of pyridine rings is 1. The first-order chi connectivity index (χ1) is 13.0. The molecule has 5 atom stereocenters. The molecule has 1 fully saturated rings. The molecule has 2 aromatic heterocycles. The van der Waals surface area contributed by atoms with E-state index in [0.717, 1.165) is 0 Å². The zero-order valence-corrected chi connectivity index (χ0v) is 14.7. The van der Waals surface area contributed by atoms with E-state index in [1.807, 2.05) is 0 Å². The maximum atomic E-state index is 11.4. The number of carbonyl (C=O) groups is 1. The Hall–Kier alpha value is -2.66. The van der Waals surface area contributed by atoms with Gasteiger partial charge in [0.05, 0.1) is 12.8 Å². The summed E-state index contributed by atoms with van der Waals surface area (Å²) in [7, 11) is 0. The maximum absolute atomic E-state index is 11.4. The zero-order valence-electron chi connectivity index (χ0n) is 14.7. The Labute approximate surface area is 155 Å². The first-order valence-electron chi connectivity index (χ1n) is 8.36. The van der Waals surface area contributed by atoms with E-state index >= 15 is 0 Å². The SMILES string of the molecule is C=CCO[C@H]1O[C@H](c2cn(-c3ccccn3)nn2)[C@H](O)[C@H](O)[C@H]1NC(C)=O. The highest BCUT2D eigenvalue weighted by Gasteiger charge is 2.47. The Morgan fingerprint density at radius 2 is 2.26 bits per heavy atom. The highest BCUT2D eigenvalue weighted by Crippen LogP contribution is 2.32. The van der Waals surface area contributed by atoms with Crippen LogP contribution in [0, 0.1) is 0 Å². The molecule has 10 nitrogen and oxygen atoms in total. The normalized spacial score (nSPS) is 27.9. The van der Waals surface area contributed by atoms with Gasteiger partial charge >= 0.3 is 0 Å². The topological polar surface area (TPSA) is 132 Å². The van der Waals surface area contributed by atoms with Crippen molar-refractivity contribution in [2.75, 3.05) is 6.61 Å². The molecule has 27 heavy (non-hydrogen) atoms. The second-order valence-electron chi connectivity index (χ2n) is 6.03. The number of nitrogens with one attached hydrogen (secondary N) is 1. The third-order valence-electron chi connectivity index (χ3n) is 4.04. The number of hydrogen-bond acceptors (Lipinski definition) is 8. The molecule has 0 bridgehead atoms. The van der Waals surface area contributed by atoms with Crippen molar-refractivity contribution < 1.29 is 24.5 Å². The van der Waals surface area contributed by atoms with E-state index in [-0.39, 0.29) is 12.5 Å². The molecule has 1 saturated heterocycles. The minimum absolute atomic E-state index is 0.136. The summed E-state index contributed by atoms with van der Waals surface area (Å²) >= 11 is 0. The molecule has 2 aromatic rings. The summed E-state index contributed by atoms with van der Waals surface area (Å²) in [5.74, 6) is 0.152. The van der Waals surface area contributed by atoms with Crippen molar-refractivity contribution in [1.82, 2.24) is 25.3 Å². The van der Waals surface area contributed by atoms with Gasteiger partial charge in [0.1, 0.15) is 30.0 Å². The van der Waals surface area contributed by atoms with Crippen molar-refractivity contribution in [3.63, 3.8) is 0 Å². The lowest BCUT2D eigenvalue weighted by molar-refractivity contribution is -0.265. The van der Waals surface area contributed by atoms with Crippen LogP contribution < -0.4 is 5.32 Å². The van der Waals surface area contributed by atoms with Crippen molar-refractivity contribution in [2.24, 2.45) is 0 Å². The van der Waals surface area contributed by atoms with Gasteiger partial charge in [-0.15, -0.1) is 11.7 Å². The summed E-state index contributed by atoms with van der Waals surface area (Å²) in [5.41, 5.74) is 0.292. The average Bonchev–Trinajstić information content (AvgIpc) is 3.15. The van der Waals surface area contributed by atoms with Crippen LogP contribution in [-0.4, -0.2) is 67.2 Å². The molecular formula is C17H21N5O5. The van der Waals surface area contributed by atoms with Gasteiger partial charge in [0.15, 0.2) is 12.1 Å². The lowest BCUT2D eigenvalue weighted by Gasteiger charge is -2.41. The van der Waals surface area contributed by atoms with E-state index < -0.39 is 30.6 Å². The first kappa shape index (κ1) is 19.1. The van der Waals surface area contributed by atoms with Gasteiger partial charge in [0.2, 0.25) is 5.91 Å². The van der Waals surface area contributed by atoms with Crippen LogP contribution in [0.25, 0.3) is 5.82 Å². The Morgan fingerprint density at radius 3 is 2.93 bits per heavy atom. The molecule has 0 aromatic carbocycles. The highest BCUT2D eigenvalue weighted by atomic mass is 16.7. The largest absolute Gasteiger partial charge is 0.388 e. The van der Waals surface area contributed by atoms with Crippen LogP contribution in [0.1, 0.15) is 18.7 Å². The minimum Gasteiger partial charge on any atom is -0.388 e. The molecule has 3 rings (SSSR count). The summed E-state index contributed by atoms with van der Waals surface area (Å²) in [6.07, 6.45) is -0.0114. The fraction of sp³-hybridized carbons (Fsp3) is 0.412. The fourth-order valence-electron chi connectivity index (χ4n) is 2.81. The summed E-state index contributed by atoms with van der Waals surface area (Å²) in [6.45, 7) is 5.00. The van der Waals surface area contributed by atoms with Crippen molar-refractivity contribution in [3.05, 3.63) is 48.9 Å². The Morgan fingerprint density at radius 1 is 1.44 bits per heavy atom. The molecule has 1 amide bonds. The molecule has 1 aliphatic rings. The minimum atomic E-state index is -1.35. The van der Waals surface area contributed by atoms with Crippen LogP contribution in [-0.2, 0) is 14.3 Å². The summed E-state index contributed by atoms with van der Waals surface area (Å²) in [4.78, 5) is 15.6. The van der Waals surface area contributed by atoms with E-state index in [4.69, 9.17) is 9.47 Å². The van der Waals surface area contributed by atoms with Gasteiger partial charge in [-0.1, -0.05) is 17.4 Å². The second-order valence-corrected chi connectivity index (χ2v) is 6.03. The number of ether oxygens (including phenoxy) is 2. The predicted octanol–water partition coefficient (Wildman–Crippen LogP) is -0.511. The van der Waals surface area contributed by atoms with E-state index in [2.05, 4.69) is 27.2 Å². The number of amides is 1. The number of aliphatic hydroxyl groups is 2. The highest BCUT2D eigenvalue weighted by molar-refractivity contribution is 5.73. The van der Waals surface area contributed by atoms with Crippen LogP contribution >= 0.6 is 0 Å². The van der Waals surface area contributed by atoms with E-state index in [1.54, 1.807) is 30.6 Å². The van der Waals surface area contributed by atoms with Crippen LogP contribution in [0.2, 0.25) is 0 Å². The standard InChI is InChI=1S/C17H21N5O5/c1-3-8-26-17-13(19-10(2)23)14(24)15(25)16(27-17)11-9-22(21-20-11)12-6-4-5-7-18-12/h3-7,9,13-17,24-25H,1,8H2,2H3,(H,19,23)/t13-,14-,15-,16-,17+/m1/s1. The average molecular weight is 375 g/mol. The number of nitrogens with zero attached hydrogens (tertiary/aromatic N) is 4. The first-order valence-corrected chi connectivity index (χ1v) is 8.36. The Balaban J connectivity index is 1.84. The number of aromatic nitrogens is 4. The van der Waals surface area contributed by atoms with Crippen molar-refractivity contribution >= 4 is 5.91 Å². The third-order valence-corrected chi connectivity index (χ3v) is 4.04. The molecule has 0 radical (unpaired) electrons. The van der Waals surface area contributed by atoms with Crippen LogP contribution in [0.4, 0.5) is 0 Å². The van der Waals surface area contributed by atoms with Gasteiger partial charge in [-0.3, -0.25) is 4.79 Å². The third kappa shape index (κ3) is 4.19. The number of carbonyl (C=O) groups excluding carboxylic acids is 1. The molecule has 0 unspecified atom stereocenters. The summed E-state index contributed by atoms with van der Waals surface area (Å²) in [5, 5.41) is 31.5. The monoisotopic (exact) mass is 375 g/mol. The number of aliphatic hydroxyl groups excluding tert-OH is 2. The van der Waals surface area contributed by atoms with Crippen LogP contribution in [0.15, 0.2) is 43.2 Å². The molecule has 0 saturated carbocycles. The molecule has 0 spiro atoms. The molecule has 3 N–H and O–H groups in total. The number of hydrogen-bond donors (Lipinski definition) is 3. The van der Waals surface area contributed by atoms with Gasteiger partial charge in [0.25, 0.3) is 0 Å². The molecule has 0 aliphatic carbocycles. The van der Waals surface area contributed by atoms with Gasteiger partial charge in [-0.25, -0.2) is 9.67 Å². The predicted molar refractivity (Wildman–Crippen MR) is 92.5 cm³/mol. The van der Waals surface area contributed by atoms with Crippen LogP contribution in [0.5, 0.6) is 0 Å². The van der Waals surface area contributed by atoms with E-state index in [1.165, 1.54) is 17.7 Å². The second kappa shape index (κ2) is 8.35. The molecule has 1 aliphatic heterocycles. The van der Waals surface area contributed by atoms with Gasteiger partial charge in [-0.2, -0.15) is 0 Å². The lowest BCUT2D eigenvalue weighted by atomic mass is 9.95. The molecular weight excluding hydrogens is 354 g/mol. The zero-order chi connectivity index (χ0) is 19.4. The van der Waals surface area contributed by atoms with Crippen molar-refractivity contribution in [2.45, 2.75) is 37.6 Å². The quantitative estimate of drug-likeness (QED) is 0.575. The van der Waals surface area contributed by atoms with Gasteiger partial charge < -0.3 is 25.0 Å². The van der Waals surface area contributed by atoms with E-state index in [9.17, 15) is 15.0 Å². The molecule has 144 valence electrons. The Kier molecular flexibility index (Phi) is 5.91. The maximum Gasteiger partial charge on any atom is 0.217 e. The van der Waals surface area contributed by atoms with Gasteiger partial charge in [-0.05, 0) is 12.1 Å². The lowest BCUT2D eigenvalue weighted by Crippen LogP contribution is -2.61. The Bertz CT molecular complexity index is 783. The molecule has 10 heteroatoms. The summed E-state index contributed by atoms with van der Waals surface area (Å²) in [6, 6.07) is 4.37. The molecule has 3 heterocycles. The van der Waals surface area contributed by atoms with E-state index in [0.29, 0.717) is 11.5 Å². The van der Waals surface area contributed by atoms with Crippen LogP contribution in [0.3, 0.4) is 0 Å². The number of rotatable bonds is 6. The van der Waals surface area contributed by atoms with Crippen molar-refractivity contribution in [3.8, 4) is 5.82 Å². The fourth-order valence-corrected chi connectivity index (χ4v) is 2.81. The van der Waals surface area contributed by atoms with Crippen molar-refractivity contribution in [1.29, 1.82) is 0 Å². The smallest absolute Gasteiger partial charge is 0.217 e. The van der Waals surface area contributed by atoms with Gasteiger partial charge in [0, 0.05) is 13.1 Å².